The number of hydrogen-bond donors (Lipinski definition) is 1. The van der Waals surface area contributed by atoms with Gasteiger partial charge in [0, 0.05) is 26.7 Å². The molecule has 0 heterocycles. The molecule has 0 radical (unpaired) electrons. The van der Waals surface area contributed by atoms with E-state index in [2.05, 4.69) is 5.32 Å². The average Bonchev–Trinajstić information content (AvgIpc) is 2.83. The van der Waals surface area contributed by atoms with Crippen molar-refractivity contribution in [2.45, 2.75) is 6.54 Å². The molecule has 0 atom stereocenters. The number of benzene rings is 2. The maximum absolute atomic E-state index is 12.9. The van der Waals surface area contributed by atoms with Crippen molar-refractivity contribution in [1.82, 2.24) is 10.2 Å². The Bertz CT molecular complexity index is 1070. The van der Waals surface area contributed by atoms with Crippen molar-refractivity contribution in [2.75, 3.05) is 49.1 Å². The van der Waals surface area contributed by atoms with Gasteiger partial charge >= 0.3 is 5.69 Å². The Morgan fingerprint density at radius 1 is 0.941 bits per heavy atom. The van der Waals surface area contributed by atoms with Crippen molar-refractivity contribution in [3.05, 3.63) is 45.5 Å². The zero-order valence-corrected chi connectivity index (χ0v) is 19.8. The number of carbonyl (C=O) groups excluding carboxylic acids is 2. The first-order chi connectivity index (χ1) is 16.2. The molecule has 0 bridgehead atoms. The van der Waals surface area contributed by atoms with Crippen LogP contribution >= 0.6 is 0 Å². The Labute approximate surface area is 196 Å². The van der Waals surface area contributed by atoms with E-state index in [1.165, 1.54) is 39.4 Å². The summed E-state index contributed by atoms with van der Waals surface area (Å²) in [5.74, 6) is -0.350. The minimum absolute atomic E-state index is 0.00123. The van der Waals surface area contributed by atoms with Gasteiger partial charge in [-0.05, 0) is 17.7 Å². The predicted molar refractivity (Wildman–Crippen MR) is 121 cm³/mol. The van der Waals surface area contributed by atoms with Crippen LogP contribution in [-0.2, 0) is 11.3 Å². The molecule has 184 valence electrons. The molecule has 0 unspecified atom stereocenters. The lowest BCUT2D eigenvalue weighted by Gasteiger charge is -2.16. The summed E-state index contributed by atoms with van der Waals surface area (Å²) in [7, 11) is 8.56. The highest BCUT2D eigenvalue weighted by atomic mass is 16.6. The molecule has 12 heteroatoms. The molecule has 0 spiro atoms. The number of rotatable bonds is 11. The van der Waals surface area contributed by atoms with Crippen LogP contribution < -0.4 is 29.0 Å². The summed E-state index contributed by atoms with van der Waals surface area (Å²) in [6, 6.07) is 6.11. The quantitative estimate of drug-likeness (QED) is 0.380. The Hall–Kier alpha value is -4.22. The Kier molecular flexibility index (Phi) is 8.87. The molecule has 2 aromatic rings. The second kappa shape index (κ2) is 11.6. The fourth-order valence-electron chi connectivity index (χ4n) is 2.98. The van der Waals surface area contributed by atoms with Gasteiger partial charge in [0.05, 0.1) is 33.4 Å². The van der Waals surface area contributed by atoms with Gasteiger partial charge < -0.3 is 33.9 Å². The maximum atomic E-state index is 12.9. The van der Waals surface area contributed by atoms with E-state index in [9.17, 15) is 19.7 Å². The number of nitrogens with zero attached hydrogens (tertiary/aromatic N) is 2. The van der Waals surface area contributed by atoms with E-state index in [0.717, 1.165) is 0 Å². The van der Waals surface area contributed by atoms with Crippen LogP contribution in [0.4, 0.5) is 5.69 Å². The summed E-state index contributed by atoms with van der Waals surface area (Å²) < 4.78 is 26.3. The molecule has 2 amide bonds. The summed E-state index contributed by atoms with van der Waals surface area (Å²) in [6.45, 7) is -0.135. The van der Waals surface area contributed by atoms with Gasteiger partial charge in [0.25, 0.3) is 11.8 Å². The Morgan fingerprint density at radius 3 is 2.12 bits per heavy atom. The number of hydrogen-bond acceptors (Lipinski definition) is 9. The molecule has 0 aliphatic carbocycles. The fourth-order valence-corrected chi connectivity index (χ4v) is 2.98. The van der Waals surface area contributed by atoms with Crippen molar-refractivity contribution in [1.29, 1.82) is 0 Å². The lowest BCUT2D eigenvalue weighted by molar-refractivity contribution is -0.386. The number of methoxy groups -OCH3 is 4. The SMILES string of the molecule is COc1cc(CNC(=O)c2cc(OC)c(OC)c(OC)c2[N+](=O)[O-])ccc1OCC(=O)N(C)C. The molecule has 1 N–H and O–H groups in total. The molecule has 0 saturated carbocycles. The fraction of sp³-hybridized carbons (Fsp3) is 0.364. The van der Waals surface area contributed by atoms with Gasteiger partial charge in [0.2, 0.25) is 11.5 Å². The zero-order chi connectivity index (χ0) is 25.4. The van der Waals surface area contributed by atoms with Crippen LogP contribution in [0.5, 0.6) is 28.7 Å². The van der Waals surface area contributed by atoms with Crippen LogP contribution in [0.2, 0.25) is 0 Å². The highest BCUT2D eigenvalue weighted by Crippen LogP contribution is 2.46. The van der Waals surface area contributed by atoms with E-state index in [-0.39, 0.29) is 41.9 Å². The molecule has 2 aromatic carbocycles. The summed E-state index contributed by atoms with van der Waals surface area (Å²) in [5, 5.41) is 14.3. The van der Waals surface area contributed by atoms with Gasteiger partial charge in [-0.3, -0.25) is 19.7 Å². The number of amides is 2. The highest BCUT2D eigenvalue weighted by molar-refractivity contribution is 6.00. The van der Waals surface area contributed by atoms with E-state index < -0.39 is 16.5 Å². The van der Waals surface area contributed by atoms with Crippen molar-refractivity contribution in [3.8, 4) is 28.7 Å². The molecule has 0 aliphatic rings. The lowest BCUT2D eigenvalue weighted by atomic mass is 10.1. The summed E-state index contributed by atoms with van der Waals surface area (Å²) in [4.78, 5) is 37.0. The van der Waals surface area contributed by atoms with Crippen LogP contribution in [0.25, 0.3) is 0 Å². The predicted octanol–water partition coefficient (Wildman–Crippen LogP) is 2.03. The van der Waals surface area contributed by atoms with Crippen LogP contribution in [0.15, 0.2) is 24.3 Å². The summed E-state index contributed by atoms with van der Waals surface area (Å²) >= 11 is 0. The first-order valence-electron chi connectivity index (χ1n) is 9.93. The topological polar surface area (TPSA) is 139 Å². The van der Waals surface area contributed by atoms with Gasteiger partial charge in [0.1, 0.15) is 5.56 Å². The smallest absolute Gasteiger partial charge is 0.327 e. The lowest BCUT2D eigenvalue weighted by Crippen LogP contribution is -2.27. The van der Waals surface area contributed by atoms with Crippen LogP contribution in [0, 0.1) is 10.1 Å². The standard InChI is InChI=1S/C22H27N3O9/c1-24(2)18(26)12-34-15-8-7-13(9-16(15)30-3)11-23-22(27)14-10-17(31-4)20(32-5)21(33-6)19(14)25(28)29/h7-10H,11-12H2,1-6H3,(H,23,27). The number of carbonyl (C=O) groups is 2. The second-order valence-electron chi connectivity index (χ2n) is 7.04. The van der Waals surface area contributed by atoms with Crippen molar-refractivity contribution in [3.63, 3.8) is 0 Å². The van der Waals surface area contributed by atoms with E-state index >= 15 is 0 Å². The largest absolute Gasteiger partial charge is 0.493 e. The summed E-state index contributed by atoms with van der Waals surface area (Å²) in [5.41, 5.74) is -0.176. The maximum Gasteiger partial charge on any atom is 0.327 e. The minimum atomic E-state index is -0.722. The Morgan fingerprint density at radius 2 is 1.59 bits per heavy atom. The molecule has 12 nitrogen and oxygen atoms in total. The number of nitrogens with one attached hydrogen (secondary N) is 1. The number of nitro benzene ring substituents is 1. The number of nitro groups is 1. The molecule has 0 fully saturated rings. The third-order valence-corrected chi connectivity index (χ3v) is 4.76. The highest BCUT2D eigenvalue weighted by Gasteiger charge is 2.32. The average molecular weight is 477 g/mol. The van der Waals surface area contributed by atoms with Crippen molar-refractivity contribution >= 4 is 17.5 Å². The first kappa shape index (κ1) is 26.0. The van der Waals surface area contributed by atoms with Gasteiger partial charge in [-0.2, -0.15) is 0 Å². The van der Waals surface area contributed by atoms with Crippen LogP contribution in [0.3, 0.4) is 0 Å². The van der Waals surface area contributed by atoms with Gasteiger partial charge in [-0.1, -0.05) is 6.07 Å². The van der Waals surface area contributed by atoms with Gasteiger partial charge in [0.15, 0.2) is 23.9 Å². The second-order valence-corrected chi connectivity index (χ2v) is 7.04. The molecular formula is C22H27N3O9. The zero-order valence-electron chi connectivity index (χ0n) is 19.8. The Balaban J connectivity index is 2.27. The molecule has 0 saturated heterocycles. The van der Waals surface area contributed by atoms with E-state index in [4.69, 9.17) is 23.7 Å². The first-order valence-corrected chi connectivity index (χ1v) is 9.93. The van der Waals surface area contributed by atoms with Crippen molar-refractivity contribution < 1.29 is 38.2 Å². The normalized spacial score (nSPS) is 10.2. The molecular weight excluding hydrogens is 450 g/mol. The van der Waals surface area contributed by atoms with Crippen LogP contribution in [0.1, 0.15) is 15.9 Å². The monoisotopic (exact) mass is 477 g/mol. The van der Waals surface area contributed by atoms with E-state index in [1.807, 2.05) is 0 Å². The molecule has 34 heavy (non-hydrogen) atoms. The van der Waals surface area contributed by atoms with E-state index in [0.29, 0.717) is 17.1 Å². The van der Waals surface area contributed by atoms with E-state index in [1.54, 1.807) is 32.3 Å². The number of ether oxygens (including phenoxy) is 5. The molecule has 0 aliphatic heterocycles. The van der Waals surface area contributed by atoms with Gasteiger partial charge in [-0.15, -0.1) is 0 Å². The van der Waals surface area contributed by atoms with Crippen molar-refractivity contribution in [2.24, 2.45) is 0 Å². The third kappa shape index (κ3) is 5.77. The number of likely N-dealkylation sites (N-methyl/N-ethyl adjacent to an activating group) is 1. The van der Waals surface area contributed by atoms with Crippen LogP contribution in [-0.4, -0.2) is 70.8 Å². The van der Waals surface area contributed by atoms with Gasteiger partial charge in [-0.25, -0.2) is 0 Å². The third-order valence-electron chi connectivity index (χ3n) is 4.76. The molecule has 0 aromatic heterocycles. The summed E-state index contributed by atoms with van der Waals surface area (Å²) in [6.07, 6.45) is 0. The minimum Gasteiger partial charge on any atom is -0.493 e. The molecule has 2 rings (SSSR count).